The second-order valence-electron chi connectivity index (χ2n) is 4.98. The largest absolute Gasteiger partial charge is 0.372 e. The number of nitrogens with zero attached hydrogens (tertiary/aromatic N) is 1. The van der Waals surface area contributed by atoms with Crippen LogP contribution < -0.4 is 5.32 Å². The molecule has 0 aliphatic heterocycles. The Morgan fingerprint density at radius 2 is 2.16 bits per heavy atom. The Hall–Kier alpha value is -0.450. The molecule has 1 N–H and O–H groups in total. The van der Waals surface area contributed by atoms with Gasteiger partial charge in [0.05, 0.1) is 18.4 Å². The predicted molar refractivity (Wildman–Crippen MR) is 82.5 cm³/mol. The second-order valence-corrected chi connectivity index (χ2v) is 5.93. The van der Waals surface area contributed by atoms with Gasteiger partial charge in [0, 0.05) is 11.9 Å². The molecule has 0 amide bonds. The molecule has 110 valence electrons. The molecule has 0 saturated carbocycles. The van der Waals surface area contributed by atoms with Crippen molar-refractivity contribution in [2.45, 2.75) is 72.1 Å². The van der Waals surface area contributed by atoms with Gasteiger partial charge in [0.25, 0.3) is 0 Å². The summed E-state index contributed by atoms with van der Waals surface area (Å²) in [5, 5.41) is 6.55. The summed E-state index contributed by atoms with van der Waals surface area (Å²) in [7, 11) is 0. The first-order chi connectivity index (χ1) is 9.26. The monoisotopic (exact) mass is 284 g/mol. The summed E-state index contributed by atoms with van der Waals surface area (Å²) in [6.45, 7) is 9.02. The fourth-order valence-corrected chi connectivity index (χ4v) is 2.65. The summed E-state index contributed by atoms with van der Waals surface area (Å²) in [4.78, 5) is 4.56. The minimum absolute atomic E-state index is 0.343. The van der Waals surface area contributed by atoms with Crippen LogP contribution in [0.1, 0.15) is 63.6 Å². The molecule has 3 nitrogen and oxygen atoms in total. The lowest BCUT2D eigenvalue weighted by atomic mass is 10.1. The van der Waals surface area contributed by atoms with Crippen LogP contribution in [-0.4, -0.2) is 17.6 Å². The molecule has 19 heavy (non-hydrogen) atoms. The molecular weight excluding hydrogens is 256 g/mol. The Kier molecular flexibility index (Phi) is 9.05. The van der Waals surface area contributed by atoms with Crippen molar-refractivity contribution >= 4 is 11.3 Å². The van der Waals surface area contributed by atoms with Crippen LogP contribution in [-0.2, 0) is 17.9 Å². The SMILES string of the molecule is CCCCCCC(C)OCc1csc(CNCC)n1. The number of aromatic nitrogens is 1. The molecular formula is C15H28N2OS. The van der Waals surface area contributed by atoms with E-state index in [1.807, 2.05) is 0 Å². The van der Waals surface area contributed by atoms with Gasteiger partial charge >= 0.3 is 0 Å². The molecule has 1 atom stereocenters. The summed E-state index contributed by atoms with van der Waals surface area (Å²) in [6, 6.07) is 0. The number of ether oxygens (including phenoxy) is 1. The molecule has 1 aromatic heterocycles. The normalized spacial score (nSPS) is 12.8. The highest BCUT2D eigenvalue weighted by Crippen LogP contribution is 2.13. The summed E-state index contributed by atoms with van der Waals surface area (Å²) >= 11 is 1.71. The highest BCUT2D eigenvalue weighted by atomic mass is 32.1. The third-order valence-corrected chi connectivity index (χ3v) is 4.00. The van der Waals surface area contributed by atoms with Gasteiger partial charge in [-0.25, -0.2) is 4.98 Å². The van der Waals surface area contributed by atoms with Crippen molar-refractivity contribution in [1.82, 2.24) is 10.3 Å². The number of hydrogen-bond acceptors (Lipinski definition) is 4. The Bertz CT molecular complexity index is 328. The molecule has 0 bridgehead atoms. The first-order valence-electron chi connectivity index (χ1n) is 7.51. The lowest BCUT2D eigenvalue weighted by Gasteiger charge is -2.11. The molecule has 1 heterocycles. The molecule has 0 spiro atoms. The van der Waals surface area contributed by atoms with Gasteiger partial charge in [-0.1, -0.05) is 39.5 Å². The molecule has 0 aliphatic rings. The van der Waals surface area contributed by atoms with E-state index in [0.29, 0.717) is 12.7 Å². The summed E-state index contributed by atoms with van der Waals surface area (Å²) in [5.74, 6) is 0. The first kappa shape index (κ1) is 16.6. The zero-order valence-electron chi connectivity index (χ0n) is 12.6. The van der Waals surface area contributed by atoms with Crippen LogP contribution in [0.4, 0.5) is 0 Å². The van der Waals surface area contributed by atoms with E-state index in [-0.39, 0.29) is 0 Å². The Morgan fingerprint density at radius 1 is 1.32 bits per heavy atom. The third-order valence-electron chi connectivity index (χ3n) is 3.11. The number of nitrogens with one attached hydrogen (secondary N) is 1. The van der Waals surface area contributed by atoms with E-state index in [0.717, 1.165) is 30.2 Å². The standard InChI is InChI=1S/C15H28N2OS/c1-4-6-7-8-9-13(3)18-11-14-12-19-15(17-14)10-16-5-2/h12-13,16H,4-11H2,1-3H3. The smallest absolute Gasteiger partial charge is 0.107 e. The van der Waals surface area contributed by atoms with Crippen molar-refractivity contribution in [2.24, 2.45) is 0 Å². The van der Waals surface area contributed by atoms with Crippen LogP contribution in [0.3, 0.4) is 0 Å². The quantitative estimate of drug-likeness (QED) is 0.620. The summed E-state index contributed by atoms with van der Waals surface area (Å²) < 4.78 is 5.85. The molecule has 1 unspecified atom stereocenters. The summed E-state index contributed by atoms with van der Waals surface area (Å²) in [6.07, 6.45) is 6.74. The first-order valence-corrected chi connectivity index (χ1v) is 8.39. The highest BCUT2D eigenvalue weighted by molar-refractivity contribution is 7.09. The van der Waals surface area contributed by atoms with E-state index in [2.05, 4.69) is 36.5 Å². The van der Waals surface area contributed by atoms with Crippen LogP contribution in [0.5, 0.6) is 0 Å². The van der Waals surface area contributed by atoms with Gasteiger partial charge in [0.2, 0.25) is 0 Å². The van der Waals surface area contributed by atoms with Crippen LogP contribution in [0.15, 0.2) is 5.38 Å². The molecule has 0 aliphatic carbocycles. The topological polar surface area (TPSA) is 34.1 Å². The van der Waals surface area contributed by atoms with E-state index in [1.165, 1.54) is 25.7 Å². The summed E-state index contributed by atoms with van der Waals surface area (Å²) in [5.41, 5.74) is 1.07. The fourth-order valence-electron chi connectivity index (χ4n) is 1.90. The number of hydrogen-bond donors (Lipinski definition) is 1. The van der Waals surface area contributed by atoms with Crippen molar-refractivity contribution in [3.63, 3.8) is 0 Å². The third kappa shape index (κ3) is 7.65. The van der Waals surface area contributed by atoms with Gasteiger partial charge in [-0.3, -0.25) is 0 Å². The van der Waals surface area contributed by atoms with Crippen LogP contribution >= 0.6 is 11.3 Å². The molecule has 0 saturated heterocycles. The lowest BCUT2D eigenvalue weighted by molar-refractivity contribution is 0.0442. The highest BCUT2D eigenvalue weighted by Gasteiger charge is 2.05. The average Bonchev–Trinajstić information content (AvgIpc) is 2.87. The van der Waals surface area contributed by atoms with Crippen molar-refractivity contribution in [3.8, 4) is 0 Å². The van der Waals surface area contributed by atoms with Gasteiger partial charge < -0.3 is 10.1 Å². The molecule has 0 fully saturated rings. The van der Waals surface area contributed by atoms with E-state index >= 15 is 0 Å². The van der Waals surface area contributed by atoms with Crippen molar-refractivity contribution in [3.05, 3.63) is 16.1 Å². The van der Waals surface area contributed by atoms with Gasteiger partial charge in [0.15, 0.2) is 0 Å². The Morgan fingerprint density at radius 3 is 2.89 bits per heavy atom. The van der Waals surface area contributed by atoms with E-state index < -0.39 is 0 Å². The van der Waals surface area contributed by atoms with Gasteiger partial charge in [-0.15, -0.1) is 11.3 Å². The van der Waals surface area contributed by atoms with Crippen molar-refractivity contribution in [2.75, 3.05) is 6.54 Å². The maximum Gasteiger partial charge on any atom is 0.107 e. The Labute approximate surface area is 121 Å². The second kappa shape index (κ2) is 10.4. The zero-order chi connectivity index (χ0) is 13.9. The van der Waals surface area contributed by atoms with Gasteiger partial charge in [-0.05, 0) is 19.9 Å². The van der Waals surface area contributed by atoms with Crippen LogP contribution in [0, 0.1) is 0 Å². The van der Waals surface area contributed by atoms with E-state index in [9.17, 15) is 0 Å². The van der Waals surface area contributed by atoms with Gasteiger partial charge in [-0.2, -0.15) is 0 Å². The number of thiazole rings is 1. The van der Waals surface area contributed by atoms with Crippen LogP contribution in [0.2, 0.25) is 0 Å². The maximum absolute atomic E-state index is 5.85. The minimum Gasteiger partial charge on any atom is -0.372 e. The van der Waals surface area contributed by atoms with E-state index in [1.54, 1.807) is 11.3 Å². The maximum atomic E-state index is 5.85. The minimum atomic E-state index is 0.343. The molecule has 0 aromatic carbocycles. The molecule has 4 heteroatoms. The Balaban J connectivity index is 2.15. The number of unbranched alkanes of at least 4 members (excludes halogenated alkanes) is 3. The zero-order valence-corrected chi connectivity index (χ0v) is 13.4. The van der Waals surface area contributed by atoms with Gasteiger partial charge in [0.1, 0.15) is 5.01 Å². The number of rotatable bonds is 11. The van der Waals surface area contributed by atoms with Crippen LogP contribution in [0.25, 0.3) is 0 Å². The van der Waals surface area contributed by atoms with Crippen molar-refractivity contribution < 1.29 is 4.74 Å². The van der Waals surface area contributed by atoms with E-state index in [4.69, 9.17) is 4.74 Å². The molecule has 0 radical (unpaired) electrons. The predicted octanol–water partition coefficient (Wildman–Crippen LogP) is 4.13. The molecule has 1 rings (SSSR count). The lowest BCUT2D eigenvalue weighted by Crippen LogP contribution is -2.12. The van der Waals surface area contributed by atoms with Crippen molar-refractivity contribution in [1.29, 1.82) is 0 Å². The molecule has 1 aromatic rings. The average molecular weight is 284 g/mol. The fraction of sp³-hybridized carbons (Fsp3) is 0.800.